The maximum absolute atomic E-state index is 12.4. The number of carbonyl (C=O) groups is 1. The van der Waals surface area contributed by atoms with Crippen molar-refractivity contribution in [2.75, 3.05) is 5.75 Å². The van der Waals surface area contributed by atoms with Crippen molar-refractivity contribution in [1.82, 2.24) is 9.97 Å². The molecule has 0 saturated carbocycles. The van der Waals surface area contributed by atoms with Gasteiger partial charge in [0.2, 0.25) is 5.91 Å². The average Bonchev–Trinajstić information content (AvgIpc) is 2.97. The van der Waals surface area contributed by atoms with Gasteiger partial charge in [-0.3, -0.25) is 9.59 Å². The van der Waals surface area contributed by atoms with Crippen LogP contribution in [-0.4, -0.2) is 21.6 Å². The van der Waals surface area contributed by atoms with Gasteiger partial charge < -0.3 is 10.7 Å². The first-order valence-electron chi connectivity index (χ1n) is 7.13. The van der Waals surface area contributed by atoms with Crippen molar-refractivity contribution in [3.05, 3.63) is 46.1 Å². The van der Waals surface area contributed by atoms with Crippen LogP contribution in [0.1, 0.15) is 12.8 Å². The van der Waals surface area contributed by atoms with E-state index in [1.807, 2.05) is 35.7 Å². The van der Waals surface area contributed by atoms with Crippen LogP contribution in [0.5, 0.6) is 0 Å². The highest BCUT2D eigenvalue weighted by molar-refractivity contribution is 7.99. The number of carbonyl (C=O) groups excluding carboxylic acids is 1. The van der Waals surface area contributed by atoms with Gasteiger partial charge in [-0.15, -0.1) is 11.3 Å². The zero-order valence-corrected chi connectivity index (χ0v) is 13.9. The van der Waals surface area contributed by atoms with Crippen LogP contribution in [0.25, 0.3) is 21.3 Å². The summed E-state index contributed by atoms with van der Waals surface area (Å²) < 4.78 is 0. The normalized spacial score (nSPS) is 11.0. The van der Waals surface area contributed by atoms with Crippen LogP contribution in [-0.2, 0) is 4.79 Å². The Labute approximate surface area is 140 Å². The fourth-order valence-electron chi connectivity index (χ4n) is 2.24. The maximum Gasteiger partial charge on any atom is 0.260 e. The molecule has 0 aliphatic carbocycles. The molecule has 1 amide bonds. The number of H-pyrrole nitrogens is 1. The van der Waals surface area contributed by atoms with E-state index in [-0.39, 0.29) is 11.5 Å². The van der Waals surface area contributed by atoms with Crippen LogP contribution >= 0.6 is 23.1 Å². The summed E-state index contributed by atoms with van der Waals surface area (Å²) in [5.41, 5.74) is 6.89. The molecule has 2 heterocycles. The molecule has 118 valence electrons. The van der Waals surface area contributed by atoms with Crippen LogP contribution in [0, 0.1) is 0 Å². The summed E-state index contributed by atoms with van der Waals surface area (Å²) in [4.78, 5) is 31.2. The lowest BCUT2D eigenvalue weighted by molar-refractivity contribution is -0.118. The molecule has 5 nitrogen and oxygen atoms in total. The number of primary amides is 1. The van der Waals surface area contributed by atoms with Crippen molar-refractivity contribution in [2.24, 2.45) is 5.73 Å². The number of nitrogens with zero attached hydrogens (tertiary/aromatic N) is 1. The number of hydrogen-bond donors (Lipinski definition) is 2. The molecule has 0 bridgehead atoms. The Kier molecular flexibility index (Phi) is 4.78. The third-order valence-electron chi connectivity index (χ3n) is 3.31. The number of hydrogen-bond acceptors (Lipinski definition) is 5. The smallest absolute Gasteiger partial charge is 0.260 e. The maximum atomic E-state index is 12.4. The molecule has 3 N–H and O–H groups in total. The molecule has 7 heteroatoms. The highest BCUT2D eigenvalue weighted by Gasteiger charge is 2.12. The van der Waals surface area contributed by atoms with Crippen molar-refractivity contribution in [3.63, 3.8) is 0 Å². The number of benzene rings is 1. The lowest BCUT2D eigenvalue weighted by atomic mass is 10.1. The zero-order valence-electron chi connectivity index (χ0n) is 12.2. The molecule has 0 radical (unpaired) electrons. The lowest BCUT2D eigenvalue weighted by Crippen LogP contribution is -2.11. The molecule has 0 fully saturated rings. The van der Waals surface area contributed by atoms with E-state index in [0.717, 1.165) is 16.0 Å². The van der Waals surface area contributed by atoms with Gasteiger partial charge in [0.1, 0.15) is 4.83 Å². The highest BCUT2D eigenvalue weighted by atomic mass is 32.2. The van der Waals surface area contributed by atoms with Gasteiger partial charge in [0.25, 0.3) is 5.56 Å². The molecular weight excluding hydrogens is 330 g/mol. The Balaban J connectivity index is 1.86. The predicted molar refractivity (Wildman–Crippen MR) is 94.8 cm³/mol. The van der Waals surface area contributed by atoms with Gasteiger partial charge in [-0.2, -0.15) is 0 Å². The van der Waals surface area contributed by atoms with Gasteiger partial charge in [-0.1, -0.05) is 42.1 Å². The van der Waals surface area contributed by atoms with E-state index in [0.29, 0.717) is 29.1 Å². The van der Waals surface area contributed by atoms with Crippen LogP contribution in [0.4, 0.5) is 0 Å². The molecular formula is C16H15N3O2S2. The minimum absolute atomic E-state index is 0.132. The van der Waals surface area contributed by atoms with Gasteiger partial charge in [-0.05, 0) is 12.0 Å². The summed E-state index contributed by atoms with van der Waals surface area (Å²) in [6.45, 7) is 0. The fourth-order valence-corrected chi connectivity index (χ4v) is 4.05. The molecule has 0 atom stereocenters. The summed E-state index contributed by atoms with van der Waals surface area (Å²) in [6, 6.07) is 9.80. The first-order chi connectivity index (χ1) is 11.1. The third-order valence-corrected chi connectivity index (χ3v) is 5.15. The largest absolute Gasteiger partial charge is 0.370 e. The molecule has 1 aromatic carbocycles. The standard InChI is InChI=1S/C16H15N3O2S2/c17-12(20)7-4-8-22-16-18-14(21)13-11(9-23-15(13)19-16)10-5-2-1-3-6-10/h1-3,5-6,9H,4,7-8H2,(H2,17,20)(H,18,19,21). The Bertz CT molecular complexity index is 887. The number of aromatic nitrogens is 2. The van der Waals surface area contributed by atoms with E-state index in [1.54, 1.807) is 0 Å². The number of thioether (sulfide) groups is 1. The van der Waals surface area contributed by atoms with Gasteiger partial charge in [0, 0.05) is 23.1 Å². The SMILES string of the molecule is NC(=O)CCCSc1nc2scc(-c3ccccc3)c2c(=O)[nH]1. The molecule has 0 saturated heterocycles. The van der Waals surface area contributed by atoms with E-state index in [2.05, 4.69) is 9.97 Å². The number of rotatable bonds is 6. The monoisotopic (exact) mass is 345 g/mol. The number of fused-ring (bicyclic) bond motifs is 1. The second kappa shape index (κ2) is 6.97. The second-order valence-electron chi connectivity index (χ2n) is 4.98. The summed E-state index contributed by atoms with van der Waals surface area (Å²) in [7, 11) is 0. The summed E-state index contributed by atoms with van der Waals surface area (Å²) in [5.74, 6) is 0.377. The highest BCUT2D eigenvalue weighted by Crippen LogP contribution is 2.31. The molecule has 0 spiro atoms. The number of amides is 1. The first-order valence-corrected chi connectivity index (χ1v) is 8.99. The molecule has 3 aromatic rings. The van der Waals surface area contributed by atoms with Crippen molar-refractivity contribution in [1.29, 1.82) is 0 Å². The van der Waals surface area contributed by atoms with Crippen LogP contribution < -0.4 is 11.3 Å². The van der Waals surface area contributed by atoms with Gasteiger partial charge in [0.05, 0.1) is 5.39 Å². The zero-order chi connectivity index (χ0) is 16.2. The Morgan fingerprint density at radius 1 is 1.30 bits per heavy atom. The Hall–Kier alpha value is -2.12. The van der Waals surface area contributed by atoms with Crippen molar-refractivity contribution in [3.8, 4) is 11.1 Å². The third kappa shape index (κ3) is 3.62. The molecule has 2 aromatic heterocycles. The number of nitrogens with two attached hydrogens (primary N) is 1. The van der Waals surface area contributed by atoms with Gasteiger partial charge in [0.15, 0.2) is 5.16 Å². The van der Waals surface area contributed by atoms with E-state index < -0.39 is 0 Å². The van der Waals surface area contributed by atoms with Crippen molar-refractivity contribution >= 4 is 39.2 Å². The van der Waals surface area contributed by atoms with Crippen molar-refractivity contribution in [2.45, 2.75) is 18.0 Å². The molecule has 0 aliphatic heterocycles. The number of thiophene rings is 1. The number of nitrogens with one attached hydrogen (secondary N) is 1. The van der Waals surface area contributed by atoms with E-state index in [9.17, 15) is 9.59 Å². The quantitative estimate of drug-likeness (QED) is 0.408. The van der Waals surface area contributed by atoms with E-state index in [1.165, 1.54) is 23.1 Å². The minimum atomic E-state index is -0.312. The van der Waals surface area contributed by atoms with E-state index in [4.69, 9.17) is 5.73 Å². The molecule has 0 aliphatic rings. The molecule has 0 unspecified atom stereocenters. The van der Waals surface area contributed by atoms with Crippen LogP contribution in [0.2, 0.25) is 0 Å². The Morgan fingerprint density at radius 2 is 2.09 bits per heavy atom. The number of aromatic amines is 1. The van der Waals surface area contributed by atoms with E-state index >= 15 is 0 Å². The summed E-state index contributed by atoms with van der Waals surface area (Å²) >= 11 is 2.89. The topological polar surface area (TPSA) is 88.8 Å². The van der Waals surface area contributed by atoms with Gasteiger partial charge in [-0.25, -0.2) is 4.98 Å². The van der Waals surface area contributed by atoms with Crippen LogP contribution in [0.3, 0.4) is 0 Å². The molecule has 23 heavy (non-hydrogen) atoms. The van der Waals surface area contributed by atoms with Gasteiger partial charge >= 0.3 is 0 Å². The Morgan fingerprint density at radius 3 is 2.83 bits per heavy atom. The minimum Gasteiger partial charge on any atom is -0.370 e. The summed E-state index contributed by atoms with van der Waals surface area (Å²) in [6.07, 6.45) is 1.01. The fraction of sp³-hybridized carbons (Fsp3) is 0.188. The van der Waals surface area contributed by atoms with Crippen LogP contribution in [0.15, 0.2) is 45.7 Å². The second-order valence-corrected chi connectivity index (χ2v) is 6.93. The average molecular weight is 345 g/mol. The first kappa shape index (κ1) is 15.8. The lowest BCUT2D eigenvalue weighted by Gasteiger charge is -2.02. The predicted octanol–water partition coefficient (Wildman–Crippen LogP) is 3.01. The molecule has 3 rings (SSSR count). The van der Waals surface area contributed by atoms with Crippen molar-refractivity contribution < 1.29 is 4.79 Å². The summed E-state index contributed by atoms with van der Waals surface area (Å²) in [5, 5.41) is 3.17.